The Hall–Kier alpha value is -3.12. The van der Waals surface area contributed by atoms with Gasteiger partial charge in [-0.25, -0.2) is 4.39 Å². The first-order valence-electron chi connectivity index (χ1n) is 8.53. The van der Waals surface area contributed by atoms with Crippen LogP contribution < -0.4 is 11.1 Å². The Morgan fingerprint density at radius 2 is 1.71 bits per heavy atom. The summed E-state index contributed by atoms with van der Waals surface area (Å²) in [6.45, 7) is 4.15. The molecule has 146 valence electrons. The van der Waals surface area contributed by atoms with Crippen molar-refractivity contribution < 1.29 is 9.18 Å². The van der Waals surface area contributed by atoms with Crippen LogP contribution in [0.15, 0.2) is 54.6 Å². The fourth-order valence-electron chi connectivity index (χ4n) is 3.06. The molecule has 0 aliphatic carbocycles. The van der Waals surface area contributed by atoms with Crippen molar-refractivity contribution in [1.29, 1.82) is 5.41 Å². The quantitative estimate of drug-likeness (QED) is 0.448. The minimum absolute atomic E-state index is 0. The van der Waals surface area contributed by atoms with Crippen LogP contribution in [0.4, 0.5) is 4.39 Å². The first-order valence-corrected chi connectivity index (χ1v) is 8.53. The third-order valence-electron chi connectivity index (χ3n) is 4.48. The van der Waals surface area contributed by atoms with E-state index in [1.807, 2.05) is 36.6 Å². The van der Waals surface area contributed by atoms with Crippen molar-refractivity contribution >= 4 is 24.1 Å². The highest BCUT2D eigenvalue weighted by molar-refractivity contribution is 5.96. The molecule has 3 aromatic rings. The summed E-state index contributed by atoms with van der Waals surface area (Å²) in [6.07, 6.45) is 0. The van der Waals surface area contributed by atoms with E-state index in [9.17, 15) is 9.18 Å². The highest BCUT2D eigenvalue weighted by Gasteiger charge is 2.16. The number of rotatable bonds is 5. The number of carbonyl (C=O) groups is 1. The standard InChI is InChI=1S/C21H21FN4O.ClH/c1-13-11-19(14(2)26(13)18-9-7-17(22)8-10-18)21(27)25-12-15-3-5-16(6-4-15)20(23)24;/h3-11H,12H2,1-2H3,(H3,23,24)(H,25,27);1H. The van der Waals surface area contributed by atoms with E-state index in [1.54, 1.807) is 24.3 Å². The van der Waals surface area contributed by atoms with Gasteiger partial charge >= 0.3 is 0 Å². The predicted octanol–water partition coefficient (Wildman–Crippen LogP) is 3.87. The van der Waals surface area contributed by atoms with Crippen molar-refractivity contribution in [3.63, 3.8) is 0 Å². The fraction of sp³-hybridized carbons (Fsp3) is 0.143. The van der Waals surface area contributed by atoms with Gasteiger partial charge in [0.1, 0.15) is 11.7 Å². The molecule has 0 spiro atoms. The van der Waals surface area contributed by atoms with E-state index >= 15 is 0 Å². The molecule has 0 saturated heterocycles. The van der Waals surface area contributed by atoms with Crippen LogP contribution in [0.25, 0.3) is 5.69 Å². The lowest BCUT2D eigenvalue weighted by Crippen LogP contribution is -2.23. The number of benzene rings is 2. The zero-order chi connectivity index (χ0) is 19.6. The second-order valence-electron chi connectivity index (χ2n) is 6.39. The maximum absolute atomic E-state index is 13.2. The van der Waals surface area contributed by atoms with E-state index < -0.39 is 0 Å². The van der Waals surface area contributed by atoms with Crippen LogP contribution >= 0.6 is 12.4 Å². The lowest BCUT2D eigenvalue weighted by Gasteiger charge is -2.10. The molecule has 1 amide bonds. The number of amides is 1. The van der Waals surface area contributed by atoms with Crippen LogP contribution in [0.5, 0.6) is 0 Å². The van der Waals surface area contributed by atoms with Crippen molar-refractivity contribution in [2.75, 3.05) is 0 Å². The van der Waals surface area contributed by atoms with Crippen molar-refractivity contribution in [1.82, 2.24) is 9.88 Å². The van der Waals surface area contributed by atoms with Crippen molar-refractivity contribution in [2.45, 2.75) is 20.4 Å². The van der Waals surface area contributed by atoms with E-state index in [0.29, 0.717) is 17.7 Å². The van der Waals surface area contributed by atoms with Crippen molar-refractivity contribution in [3.05, 3.63) is 88.5 Å². The molecule has 0 aliphatic rings. The molecule has 5 nitrogen and oxygen atoms in total. The van der Waals surface area contributed by atoms with Gasteiger partial charge in [0.2, 0.25) is 0 Å². The largest absolute Gasteiger partial charge is 0.384 e. The number of aryl methyl sites for hydroxylation is 1. The minimum Gasteiger partial charge on any atom is -0.384 e. The number of nitrogen functional groups attached to an aromatic ring is 1. The molecule has 0 fully saturated rings. The molecule has 3 rings (SSSR count). The normalized spacial score (nSPS) is 10.2. The number of nitrogens with two attached hydrogens (primary N) is 1. The van der Waals surface area contributed by atoms with Crippen LogP contribution in [0.2, 0.25) is 0 Å². The number of hydrogen-bond acceptors (Lipinski definition) is 2. The molecule has 0 unspecified atom stereocenters. The van der Waals surface area contributed by atoms with Gasteiger partial charge in [0.25, 0.3) is 5.91 Å². The minimum atomic E-state index is -0.296. The zero-order valence-electron chi connectivity index (χ0n) is 15.6. The van der Waals surface area contributed by atoms with Gasteiger partial charge in [-0.15, -0.1) is 12.4 Å². The summed E-state index contributed by atoms with van der Waals surface area (Å²) < 4.78 is 15.1. The molecule has 2 aromatic carbocycles. The Kier molecular flexibility index (Phi) is 6.59. The van der Waals surface area contributed by atoms with Gasteiger partial charge in [-0.05, 0) is 49.7 Å². The van der Waals surface area contributed by atoms with Crippen LogP contribution in [0, 0.1) is 25.1 Å². The average molecular weight is 401 g/mol. The lowest BCUT2D eigenvalue weighted by molar-refractivity contribution is 0.0950. The highest BCUT2D eigenvalue weighted by Crippen LogP contribution is 2.21. The molecule has 4 N–H and O–H groups in total. The van der Waals surface area contributed by atoms with Crippen molar-refractivity contribution in [2.24, 2.45) is 5.73 Å². The summed E-state index contributed by atoms with van der Waals surface area (Å²) in [5.41, 5.74) is 10.1. The predicted molar refractivity (Wildman–Crippen MR) is 111 cm³/mol. The number of amidine groups is 1. The molecular weight excluding hydrogens is 379 g/mol. The smallest absolute Gasteiger partial charge is 0.253 e. The van der Waals surface area contributed by atoms with Crippen LogP contribution in [0.3, 0.4) is 0 Å². The third kappa shape index (κ3) is 4.40. The molecule has 0 atom stereocenters. The average Bonchev–Trinajstić information content (AvgIpc) is 2.95. The molecule has 0 saturated carbocycles. The summed E-state index contributed by atoms with van der Waals surface area (Å²) in [6, 6.07) is 15.2. The summed E-state index contributed by atoms with van der Waals surface area (Å²) in [5, 5.41) is 10.3. The van der Waals surface area contributed by atoms with E-state index in [1.165, 1.54) is 12.1 Å². The Labute approximate surface area is 169 Å². The Balaban J connectivity index is 0.00000280. The van der Waals surface area contributed by atoms with Gasteiger partial charge in [-0.3, -0.25) is 10.2 Å². The molecular formula is C21H22ClFN4O. The maximum atomic E-state index is 13.2. The summed E-state index contributed by atoms with van der Waals surface area (Å²) in [7, 11) is 0. The molecule has 1 heterocycles. The van der Waals surface area contributed by atoms with E-state index in [4.69, 9.17) is 11.1 Å². The van der Waals surface area contributed by atoms with Gasteiger partial charge in [-0.2, -0.15) is 0 Å². The van der Waals surface area contributed by atoms with Gasteiger partial charge in [0.15, 0.2) is 0 Å². The molecule has 28 heavy (non-hydrogen) atoms. The molecule has 0 aliphatic heterocycles. The van der Waals surface area contributed by atoms with Gasteiger partial charge < -0.3 is 15.6 Å². The molecule has 0 bridgehead atoms. The van der Waals surface area contributed by atoms with Crippen LogP contribution in [-0.2, 0) is 6.54 Å². The van der Waals surface area contributed by atoms with Crippen molar-refractivity contribution in [3.8, 4) is 5.69 Å². The molecule has 0 radical (unpaired) electrons. The molecule has 1 aromatic heterocycles. The summed E-state index contributed by atoms with van der Waals surface area (Å²) >= 11 is 0. The van der Waals surface area contributed by atoms with Gasteiger partial charge in [-0.1, -0.05) is 24.3 Å². The van der Waals surface area contributed by atoms with Gasteiger partial charge in [0.05, 0.1) is 5.56 Å². The maximum Gasteiger partial charge on any atom is 0.253 e. The fourth-order valence-corrected chi connectivity index (χ4v) is 3.06. The van der Waals surface area contributed by atoms with E-state index in [0.717, 1.165) is 22.6 Å². The third-order valence-corrected chi connectivity index (χ3v) is 4.48. The van der Waals surface area contributed by atoms with Crippen LogP contribution in [0.1, 0.15) is 32.9 Å². The number of nitrogens with zero attached hydrogens (tertiary/aromatic N) is 1. The number of nitrogens with one attached hydrogen (secondary N) is 2. The Bertz CT molecular complexity index is 994. The lowest BCUT2D eigenvalue weighted by atomic mass is 10.1. The number of halogens is 2. The number of aromatic nitrogens is 1. The Morgan fingerprint density at radius 1 is 1.11 bits per heavy atom. The number of carbonyl (C=O) groups excluding carboxylic acids is 1. The second-order valence-corrected chi connectivity index (χ2v) is 6.39. The summed E-state index contributed by atoms with van der Waals surface area (Å²) in [5.74, 6) is -0.458. The van der Waals surface area contributed by atoms with E-state index in [2.05, 4.69) is 5.32 Å². The first kappa shape index (κ1) is 21.2. The summed E-state index contributed by atoms with van der Waals surface area (Å²) in [4.78, 5) is 12.6. The van der Waals surface area contributed by atoms with E-state index in [-0.39, 0.29) is 30.0 Å². The SMILES string of the molecule is Cc1cc(C(=O)NCc2ccc(C(=N)N)cc2)c(C)n1-c1ccc(F)cc1.Cl. The monoisotopic (exact) mass is 400 g/mol. The number of hydrogen-bond donors (Lipinski definition) is 3. The molecule has 7 heteroatoms. The first-order chi connectivity index (χ1) is 12.9. The van der Waals surface area contributed by atoms with Gasteiger partial charge in [0, 0.05) is 29.2 Å². The van der Waals surface area contributed by atoms with Crippen LogP contribution in [-0.4, -0.2) is 16.3 Å². The second kappa shape index (κ2) is 8.71. The Morgan fingerprint density at radius 3 is 2.29 bits per heavy atom. The zero-order valence-corrected chi connectivity index (χ0v) is 16.4. The topological polar surface area (TPSA) is 83.9 Å². The highest BCUT2D eigenvalue weighted by atomic mass is 35.5.